The van der Waals surface area contributed by atoms with E-state index >= 15 is 0 Å². The van der Waals surface area contributed by atoms with Gasteiger partial charge in [0.15, 0.2) is 0 Å². The minimum Gasteiger partial charge on any atom is -0.322 e. The monoisotopic (exact) mass is 457 g/mol. The van der Waals surface area contributed by atoms with Crippen LogP contribution in [0.15, 0.2) is 108 Å². The summed E-state index contributed by atoms with van der Waals surface area (Å²) >= 11 is 0. The van der Waals surface area contributed by atoms with Gasteiger partial charge in [-0.1, -0.05) is 66.2 Å². The van der Waals surface area contributed by atoms with Gasteiger partial charge in [0.1, 0.15) is 0 Å². The Hall–Kier alpha value is -4.77. The molecule has 5 aromatic carbocycles. The van der Waals surface area contributed by atoms with Crippen LogP contribution in [0, 0.1) is 6.92 Å². The summed E-state index contributed by atoms with van der Waals surface area (Å²) in [6.45, 7) is 1.97. The fourth-order valence-corrected chi connectivity index (χ4v) is 4.02. The Labute approximate surface area is 203 Å². The molecule has 5 rings (SSSR count). The number of anilines is 1. The second kappa shape index (κ2) is 9.61. The van der Waals surface area contributed by atoms with Gasteiger partial charge in [-0.3, -0.25) is 9.59 Å². The van der Waals surface area contributed by atoms with Gasteiger partial charge in [0.25, 0.3) is 11.8 Å². The van der Waals surface area contributed by atoms with Crippen LogP contribution in [0.2, 0.25) is 0 Å². The maximum atomic E-state index is 12.6. The van der Waals surface area contributed by atoms with Crippen molar-refractivity contribution in [3.63, 3.8) is 0 Å². The van der Waals surface area contributed by atoms with Crippen LogP contribution >= 0.6 is 0 Å². The third kappa shape index (κ3) is 4.80. The van der Waals surface area contributed by atoms with E-state index in [1.807, 2.05) is 43.3 Å². The first-order valence-corrected chi connectivity index (χ1v) is 11.3. The number of hydrogen-bond acceptors (Lipinski definition) is 3. The van der Waals surface area contributed by atoms with E-state index in [0.29, 0.717) is 16.8 Å². The first-order valence-electron chi connectivity index (χ1n) is 11.3. The highest BCUT2D eigenvalue weighted by Gasteiger charge is 2.09. The lowest BCUT2D eigenvalue weighted by molar-refractivity contribution is 0.0954. The van der Waals surface area contributed by atoms with Crippen molar-refractivity contribution in [2.45, 2.75) is 6.92 Å². The quantitative estimate of drug-likeness (QED) is 0.184. The molecule has 5 heteroatoms. The van der Waals surface area contributed by atoms with Crippen LogP contribution in [0.1, 0.15) is 31.8 Å². The fourth-order valence-electron chi connectivity index (χ4n) is 4.02. The van der Waals surface area contributed by atoms with Crippen molar-refractivity contribution >= 4 is 45.3 Å². The van der Waals surface area contributed by atoms with E-state index in [2.05, 4.69) is 46.2 Å². The molecule has 2 amide bonds. The van der Waals surface area contributed by atoms with Gasteiger partial charge in [0.05, 0.1) is 6.21 Å². The normalized spacial score (nSPS) is 11.1. The van der Waals surface area contributed by atoms with Crippen LogP contribution in [-0.4, -0.2) is 18.0 Å². The SMILES string of the molecule is Cc1ccc(C(=O)Nc2ccc(C(=O)N/N=C\c3c4ccccc4cc4ccccc34)cc2)cc1. The summed E-state index contributed by atoms with van der Waals surface area (Å²) in [7, 11) is 0. The van der Waals surface area contributed by atoms with Crippen LogP contribution < -0.4 is 10.7 Å². The maximum absolute atomic E-state index is 12.6. The predicted octanol–water partition coefficient (Wildman–Crippen LogP) is 6.32. The first kappa shape index (κ1) is 22.0. The molecule has 0 fully saturated rings. The second-order valence-electron chi connectivity index (χ2n) is 8.33. The van der Waals surface area contributed by atoms with E-state index in [-0.39, 0.29) is 11.8 Å². The topological polar surface area (TPSA) is 70.6 Å². The number of nitrogens with one attached hydrogen (secondary N) is 2. The van der Waals surface area contributed by atoms with E-state index in [0.717, 1.165) is 32.7 Å². The average molecular weight is 458 g/mol. The van der Waals surface area contributed by atoms with Crippen molar-refractivity contribution in [1.29, 1.82) is 0 Å². The fraction of sp³-hybridized carbons (Fsp3) is 0.0333. The van der Waals surface area contributed by atoms with Gasteiger partial charge < -0.3 is 5.32 Å². The standard InChI is InChI=1S/C30H23N3O2/c1-20-10-12-21(13-11-20)29(34)32-25-16-14-22(15-17-25)30(35)33-31-19-28-26-8-4-2-6-23(26)18-24-7-3-5-9-27(24)28/h2-19H,1H3,(H,32,34)(H,33,35)/b31-19-. The van der Waals surface area contributed by atoms with Gasteiger partial charge in [-0.05, 0) is 70.9 Å². The van der Waals surface area contributed by atoms with Crippen molar-refractivity contribution in [2.75, 3.05) is 5.32 Å². The number of carbonyl (C=O) groups excluding carboxylic acids is 2. The number of carbonyl (C=O) groups is 2. The molecule has 2 N–H and O–H groups in total. The number of fused-ring (bicyclic) bond motifs is 2. The van der Waals surface area contributed by atoms with Gasteiger partial charge >= 0.3 is 0 Å². The molecule has 0 aromatic heterocycles. The third-order valence-electron chi connectivity index (χ3n) is 5.89. The number of rotatable bonds is 5. The Bertz CT molecular complexity index is 1520. The smallest absolute Gasteiger partial charge is 0.271 e. The lowest BCUT2D eigenvalue weighted by Gasteiger charge is -2.08. The molecule has 0 aliphatic rings. The molecule has 0 spiro atoms. The summed E-state index contributed by atoms with van der Waals surface area (Å²) in [5.41, 5.74) is 6.28. The molecule has 5 aromatic rings. The number of hydrogen-bond donors (Lipinski definition) is 2. The molecule has 0 atom stereocenters. The number of aryl methyl sites for hydroxylation is 1. The van der Waals surface area contributed by atoms with Crippen LogP contribution in [-0.2, 0) is 0 Å². The van der Waals surface area contributed by atoms with Crippen LogP contribution in [0.4, 0.5) is 5.69 Å². The molecule has 170 valence electrons. The molecule has 0 unspecified atom stereocenters. The minimum absolute atomic E-state index is 0.200. The lowest BCUT2D eigenvalue weighted by atomic mass is 9.97. The summed E-state index contributed by atoms with van der Waals surface area (Å²) in [4.78, 5) is 25.0. The Morgan fingerprint density at radius 2 is 1.23 bits per heavy atom. The van der Waals surface area contributed by atoms with Crippen molar-refractivity contribution in [1.82, 2.24) is 5.43 Å². The van der Waals surface area contributed by atoms with Gasteiger partial charge in [-0.2, -0.15) is 5.10 Å². The van der Waals surface area contributed by atoms with E-state index in [9.17, 15) is 9.59 Å². The highest BCUT2D eigenvalue weighted by Crippen LogP contribution is 2.27. The largest absolute Gasteiger partial charge is 0.322 e. The molecule has 0 saturated carbocycles. The van der Waals surface area contributed by atoms with Crippen molar-refractivity contribution < 1.29 is 9.59 Å². The van der Waals surface area contributed by atoms with Crippen LogP contribution in [0.5, 0.6) is 0 Å². The molecular formula is C30H23N3O2. The highest BCUT2D eigenvalue weighted by atomic mass is 16.2. The summed E-state index contributed by atoms with van der Waals surface area (Å²) < 4.78 is 0. The average Bonchev–Trinajstić information content (AvgIpc) is 2.89. The summed E-state index contributed by atoms with van der Waals surface area (Å²) in [5.74, 6) is -0.531. The Balaban J connectivity index is 1.30. The molecule has 5 nitrogen and oxygen atoms in total. The van der Waals surface area contributed by atoms with E-state index < -0.39 is 0 Å². The molecule has 0 saturated heterocycles. The molecule has 0 aliphatic heterocycles. The second-order valence-corrected chi connectivity index (χ2v) is 8.33. The van der Waals surface area contributed by atoms with Crippen molar-refractivity contribution in [3.05, 3.63) is 125 Å². The van der Waals surface area contributed by atoms with E-state index in [1.54, 1.807) is 42.6 Å². The third-order valence-corrected chi connectivity index (χ3v) is 5.89. The van der Waals surface area contributed by atoms with E-state index in [4.69, 9.17) is 0 Å². The summed E-state index contributed by atoms with van der Waals surface area (Å²) in [6, 6.07) is 32.4. The van der Waals surface area contributed by atoms with Gasteiger partial charge in [-0.15, -0.1) is 0 Å². The van der Waals surface area contributed by atoms with Gasteiger partial charge in [0, 0.05) is 22.4 Å². The molecule has 0 aliphatic carbocycles. The van der Waals surface area contributed by atoms with Crippen LogP contribution in [0.3, 0.4) is 0 Å². The van der Waals surface area contributed by atoms with Crippen molar-refractivity contribution in [2.24, 2.45) is 5.10 Å². The Morgan fingerprint density at radius 1 is 0.686 bits per heavy atom. The zero-order valence-electron chi connectivity index (χ0n) is 19.2. The van der Waals surface area contributed by atoms with Crippen molar-refractivity contribution in [3.8, 4) is 0 Å². The lowest BCUT2D eigenvalue weighted by Crippen LogP contribution is -2.18. The molecule has 0 bridgehead atoms. The molecule has 35 heavy (non-hydrogen) atoms. The zero-order valence-corrected chi connectivity index (χ0v) is 19.2. The first-order chi connectivity index (χ1) is 17.1. The predicted molar refractivity (Wildman–Crippen MR) is 142 cm³/mol. The van der Waals surface area contributed by atoms with Gasteiger partial charge in [0.2, 0.25) is 0 Å². The number of benzene rings is 5. The van der Waals surface area contributed by atoms with E-state index in [1.165, 1.54) is 0 Å². The summed E-state index contributed by atoms with van der Waals surface area (Å²) in [5, 5.41) is 11.4. The number of amides is 2. The minimum atomic E-state index is -0.331. The number of hydrazone groups is 1. The Kier molecular flexibility index (Phi) is 6.05. The molecule has 0 radical (unpaired) electrons. The summed E-state index contributed by atoms with van der Waals surface area (Å²) in [6.07, 6.45) is 1.69. The zero-order chi connectivity index (χ0) is 24.2. The van der Waals surface area contributed by atoms with Gasteiger partial charge in [-0.25, -0.2) is 5.43 Å². The Morgan fingerprint density at radius 3 is 1.86 bits per heavy atom. The molecule has 0 heterocycles. The number of nitrogens with zero attached hydrogens (tertiary/aromatic N) is 1. The maximum Gasteiger partial charge on any atom is 0.271 e. The molecular weight excluding hydrogens is 434 g/mol. The highest BCUT2D eigenvalue weighted by molar-refractivity contribution is 6.13. The van der Waals surface area contributed by atoms with Crippen LogP contribution in [0.25, 0.3) is 21.5 Å².